The van der Waals surface area contributed by atoms with Gasteiger partial charge < -0.3 is 15.6 Å². The molecule has 0 spiro atoms. The van der Waals surface area contributed by atoms with Gasteiger partial charge in [-0.1, -0.05) is 0 Å². The summed E-state index contributed by atoms with van der Waals surface area (Å²) < 4.78 is 38.9. The van der Waals surface area contributed by atoms with E-state index < -0.39 is 29.3 Å². The third-order valence-electron chi connectivity index (χ3n) is 1.41. The van der Waals surface area contributed by atoms with Crippen LogP contribution in [0.15, 0.2) is 12.4 Å². The van der Waals surface area contributed by atoms with Gasteiger partial charge >= 0.3 is 12.3 Å². The maximum atomic E-state index is 11.8. The number of nitrogens with two attached hydrogens (primary N) is 1. The van der Waals surface area contributed by atoms with Crippen molar-refractivity contribution in [1.82, 2.24) is 4.98 Å². The molecule has 3 N–H and O–H groups in total. The van der Waals surface area contributed by atoms with Gasteiger partial charge in [0, 0.05) is 6.20 Å². The van der Waals surface area contributed by atoms with Gasteiger partial charge in [0.05, 0.1) is 11.9 Å². The van der Waals surface area contributed by atoms with E-state index in [4.69, 9.17) is 10.8 Å². The van der Waals surface area contributed by atoms with Crippen LogP contribution in [0.5, 0.6) is 5.75 Å². The van der Waals surface area contributed by atoms with E-state index in [9.17, 15) is 18.0 Å². The number of carboxylic acids is 1. The fourth-order valence-electron chi connectivity index (χ4n) is 0.828. The normalized spacial score (nSPS) is 11.1. The molecule has 5 nitrogen and oxygen atoms in total. The van der Waals surface area contributed by atoms with Crippen LogP contribution in [0, 0.1) is 0 Å². The molecule has 1 aromatic heterocycles. The fourth-order valence-corrected chi connectivity index (χ4v) is 0.828. The van der Waals surface area contributed by atoms with Crippen molar-refractivity contribution >= 4 is 11.7 Å². The number of nitrogens with zero attached hydrogens (tertiary/aromatic N) is 1. The number of ether oxygens (including phenoxy) is 1. The standard InChI is InChI=1S/C7H5F3N2O3/c8-7(9,10)15-4-2-12-1-3(5(4)11)6(13)14/h1-2H,(H2,11,12)(H,13,14). The van der Waals surface area contributed by atoms with Crippen molar-refractivity contribution in [2.24, 2.45) is 0 Å². The topological polar surface area (TPSA) is 85.4 Å². The molecule has 1 aromatic rings. The molecule has 0 radical (unpaired) electrons. The third kappa shape index (κ3) is 2.73. The monoisotopic (exact) mass is 222 g/mol. The van der Waals surface area contributed by atoms with Crippen LogP contribution in [0.1, 0.15) is 10.4 Å². The Labute approximate surface area is 81.3 Å². The first-order valence-corrected chi connectivity index (χ1v) is 3.54. The second kappa shape index (κ2) is 3.64. The Kier molecular flexibility index (Phi) is 2.69. The number of carbonyl (C=O) groups is 1. The molecule has 0 aromatic carbocycles. The van der Waals surface area contributed by atoms with Crippen molar-refractivity contribution in [1.29, 1.82) is 0 Å². The van der Waals surface area contributed by atoms with Gasteiger partial charge in [-0.25, -0.2) is 4.79 Å². The highest BCUT2D eigenvalue weighted by Gasteiger charge is 2.32. The Balaban J connectivity index is 3.10. The maximum absolute atomic E-state index is 11.8. The molecule has 1 rings (SSSR count). The summed E-state index contributed by atoms with van der Waals surface area (Å²) in [5, 5.41) is 8.53. The zero-order chi connectivity index (χ0) is 11.6. The lowest BCUT2D eigenvalue weighted by atomic mass is 10.2. The molecule has 1 heterocycles. The van der Waals surface area contributed by atoms with Crippen LogP contribution >= 0.6 is 0 Å². The van der Waals surface area contributed by atoms with Gasteiger partial charge in [-0.15, -0.1) is 13.2 Å². The molecule has 8 heteroatoms. The van der Waals surface area contributed by atoms with Gasteiger partial charge in [0.2, 0.25) is 0 Å². The Morgan fingerprint density at radius 3 is 2.53 bits per heavy atom. The third-order valence-corrected chi connectivity index (χ3v) is 1.41. The van der Waals surface area contributed by atoms with Crippen LogP contribution in [0.3, 0.4) is 0 Å². The molecule has 0 saturated heterocycles. The zero-order valence-electron chi connectivity index (χ0n) is 7.08. The molecular weight excluding hydrogens is 217 g/mol. The van der Waals surface area contributed by atoms with Crippen molar-refractivity contribution in [2.45, 2.75) is 6.36 Å². The minimum Gasteiger partial charge on any atom is -0.478 e. The molecular formula is C7H5F3N2O3. The van der Waals surface area contributed by atoms with E-state index >= 15 is 0 Å². The largest absolute Gasteiger partial charge is 0.573 e. The first-order valence-electron chi connectivity index (χ1n) is 3.54. The summed E-state index contributed by atoms with van der Waals surface area (Å²) in [6, 6.07) is 0. The van der Waals surface area contributed by atoms with Crippen molar-refractivity contribution in [2.75, 3.05) is 5.73 Å². The van der Waals surface area contributed by atoms with Gasteiger partial charge in [-0.2, -0.15) is 0 Å². The number of hydrogen-bond acceptors (Lipinski definition) is 4. The minimum absolute atomic E-state index is 0.545. The lowest BCUT2D eigenvalue weighted by molar-refractivity contribution is -0.274. The molecule has 0 unspecified atom stereocenters. The van der Waals surface area contributed by atoms with Crippen LogP contribution in [-0.4, -0.2) is 22.4 Å². The maximum Gasteiger partial charge on any atom is 0.573 e. The molecule has 0 aliphatic rings. The Morgan fingerprint density at radius 2 is 2.07 bits per heavy atom. The summed E-state index contributed by atoms with van der Waals surface area (Å²) in [5.41, 5.74) is 3.99. The van der Waals surface area contributed by atoms with E-state index in [-0.39, 0.29) is 0 Å². The quantitative estimate of drug-likeness (QED) is 0.786. The zero-order valence-corrected chi connectivity index (χ0v) is 7.08. The summed E-state index contributed by atoms with van der Waals surface area (Å²) in [6.07, 6.45) is -3.41. The van der Waals surface area contributed by atoms with Gasteiger partial charge in [0.15, 0.2) is 5.75 Å². The van der Waals surface area contributed by atoms with E-state index in [0.29, 0.717) is 6.20 Å². The molecule has 0 aliphatic heterocycles. The number of aromatic carboxylic acids is 1. The SMILES string of the molecule is Nc1c(OC(F)(F)F)cncc1C(=O)O. The minimum atomic E-state index is -4.94. The average molecular weight is 222 g/mol. The number of anilines is 1. The summed E-state index contributed by atoms with van der Waals surface area (Å²) in [7, 11) is 0. The van der Waals surface area contributed by atoms with Crippen LogP contribution in [-0.2, 0) is 0 Å². The molecule has 0 aliphatic carbocycles. The van der Waals surface area contributed by atoms with Crippen LogP contribution in [0.4, 0.5) is 18.9 Å². The second-order valence-electron chi connectivity index (χ2n) is 2.45. The summed E-state index contributed by atoms with van der Waals surface area (Å²) in [6.45, 7) is 0. The van der Waals surface area contributed by atoms with E-state index in [1.807, 2.05) is 0 Å². The Bertz CT molecular complexity index is 392. The first kappa shape index (κ1) is 11.1. The van der Waals surface area contributed by atoms with Gasteiger partial charge in [-0.05, 0) is 0 Å². The molecule has 0 saturated carbocycles. The number of halogens is 3. The highest BCUT2D eigenvalue weighted by molar-refractivity contribution is 5.94. The molecule has 0 amide bonds. The molecule has 0 atom stereocenters. The molecule has 15 heavy (non-hydrogen) atoms. The highest BCUT2D eigenvalue weighted by atomic mass is 19.4. The highest BCUT2D eigenvalue weighted by Crippen LogP contribution is 2.29. The average Bonchev–Trinajstić information content (AvgIpc) is 2.05. The molecule has 0 bridgehead atoms. The number of rotatable bonds is 2. The lowest BCUT2D eigenvalue weighted by Crippen LogP contribution is -2.19. The first-order chi connectivity index (χ1) is 6.81. The van der Waals surface area contributed by atoms with Gasteiger partial charge in [0.25, 0.3) is 0 Å². The number of aromatic nitrogens is 1. The van der Waals surface area contributed by atoms with Crippen molar-refractivity contribution in [3.8, 4) is 5.75 Å². The number of pyridine rings is 1. The van der Waals surface area contributed by atoms with E-state index in [0.717, 1.165) is 6.20 Å². The number of alkyl halides is 3. The molecule has 82 valence electrons. The predicted octanol–water partition coefficient (Wildman–Crippen LogP) is 1.26. The lowest BCUT2D eigenvalue weighted by Gasteiger charge is -2.11. The number of nitrogen functional groups attached to an aromatic ring is 1. The van der Waals surface area contributed by atoms with E-state index in [2.05, 4.69) is 9.72 Å². The number of carboxylic acid groups (broad SMARTS) is 1. The summed E-state index contributed by atoms with van der Waals surface area (Å²) in [4.78, 5) is 13.7. The Hall–Kier alpha value is -1.99. The molecule has 0 fully saturated rings. The van der Waals surface area contributed by atoms with Crippen molar-refractivity contribution in [3.05, 3.63) is 18.0 Å². The van der Waals surface area contributed by atoms with Crippen LogP contribution < -0.4 is 10.5 Å². The smallest absolute Gasteiger partial charge is 0.478 e. The predicted molar refractivity (Wildman–Crippen MR) is 42.3 cm³/mol. The number of hydrogen-bond donors (Lipinski definition) is 2. The summed E-state index contributed by atoms with van der Waals surface area (Å²) >= 11 is 0. The Morgan fingerprint density at radius 1 is 1.47 bits per heavy atom. The summed E-state index contributed by atoms with van der Waals surface area (Å²) in [5.74, 6) is -2.31. The fraction of sp³-hybridized carbons (Fsp3) is 0.143. The van der Waals surface area contributed by atoms with Gasteiger partial charge in [0.1, 0.15) is 5.56 Å². The van der Waals surface area contributed by atoms with Crippen LogP contribution in [0.2, 0.25) is 0 Å². The van der Waals surface area contributed by atoms with Crippen molar-refractivity contribution < 1.29 is 27.8 Å². The van der Waals surface area contributed by atoms with Crippen LogP contribution in [0.25, 0.3) is 0 Å². The van der Waals surface area contributed by atoms with E-state index in [1.165, 1.54) is 0 Å². The second-order valence-corrected chi connectivity index (χ2v) is 2.45. The van der Waals surface area contributed by atoms with Crippen molar-refractivity contribution in [3.63, 3.8) is 0 Å². The van der Waals surface area contributed by atoms with Gasteiger partial charge in [-0.3, -0.25) is 4.98 Å². The van der Waals surface area contributed by atoms with E-state index in [1.54, 1.807) is 0 Å².